The maximum atomic E-state index is 13.8. The highest BCUT2D eigenvalue weighted by Crippen LogP contribution is 2.32. The lowest BCUT2D eigenvalue weighted by Crippen LogP contribution is -2.48. The molecule has 1 aliphatic heterocycles. The van der Waals surface area contributed by atoms with Crippen LogP contribution in [0.3, 0.4) is 0 Å². The molecule has 9 nitrogen and oxygen atoms in total. The molecule has 9 heteroatoms. The zero-order valence-corrected chi connectivity index (χ0v) is 26.6. The molecule has 43 heavy (non-hydrogen) atoms. The number of esters is 2. The van der Waals surface area contributed by atoms with E-state index >= 15 is 0 Å². The van der Waals surface area contributed by atoms with Crippen molar-refractivity contribution in [1.82, 2.24) is 9.80 Å². The van der Waals surface area contributed by atoms with Crippen molar-refractivity contribution in [2.75, 3.05) is 13.8 Å². The Kier molecular flexibility index (Phi) is 12.3. The van der Waals surface area contributed by atoms with Crippen LogP contribution >= 0.6 is 0 Å². The number of carbonyl (C=O) groups excluding carboxylic acids is 3. The Morgan fingerprint density at radius 1 is 0.930 bits per heavy atom. The lowest BCUT2D eigenvalue weighted by molar-refractivity contribution is -0.152. The molecule has 1 fully saturated rings. The third-order valence-corrected chi connectivity index (χ3v) is 7.31. The normalized spacial score (nSPS) is 18.9. The second-order valence-corrected chi connectivity index (χ2v) is 12.4. The van der Waals surface area contributed by atoms with Crippen LogP contribution in [0.1, 0.15) is 65.5 Å². The summed E-state index contributed by atoms with van der Waals surface area (Å²) in [5.74, 6) is -0.587. The Morgan fingerprint density at radius 2 is 1.53 bits per heavy atom. The number of carbonyl (C=O) groups is 3. The van der Waals surface area contributed by atoms with E-state index in [2.05, 4.69) is 23.7 Å². The number of nitrogens with zero attached hydrogens (tertiary/aromatic N) is 3. The number of methoxy groups -OCH3 is 1. The standard InChI is InChI=1S/C34H47N3O6/c1-24(2)20-30(32(39)42-22-27-16-12-9-13-17-27)36-23-37(33(40)43-34(4,5)6)29(21-26-14-10-8-11-15-26)28(36)18-19-35-25(3)31(38)41-7/h8-17,19,24-25,28-30H,18,20-23H2,1-7H3/t25-,28+,29+,30-/m0/s1. The zero-order valence-electron chi connectivity index (χ0n) is 26.6. The highest BCUT2D eigenvalue weighted by Gasteiger charge is 2.48. The molecule has 0 saturated carbocycles. The molecule has 0 aromatic heterocycles. The van der Waals surface area contributed by atoms with E-state index in [1.54, 1.807) is 18.0 Å². The van der Waals surface area contributed by atoms with Gasteiger partial charge in [0.15, 0.2) is 0 Å². The fourth-order valence-corrected chi connectivity index (χ4v) is 5.25. The third kappa shape index (κ3) is 10.2. The van der Waals surface area contributed by atoms with Crippen LogP contribution < -0.4 is 0 Å². The van der Waals surface area contributed by atoms with Crippen molar-refractivity contribution in [3.63, 3.8) is 0 Å². The van der Waals surface area contributed by atoms with Crippen LogP contribution in [0, 0.1) is 5.92 Å². The van der Waals surface area contributed by atoms with Crippen molar-refractivity contribution in [1.29, 1.82) is 0 Å². The van der Waals surface area contributed by atoms with Gasteiger partial charge in [0, 0.05) is 12.3 Å². The van der Waals surface area contributed by atoms with Gasteiger partial charge in [-0.2, -0.15) is 0 Å². The Morgan fingerprint density at radius 3 is 2.09 bits per heavy atom. The second-order valence-electron chi connectivity index (χ2n) is 12.4. The van der Waals surface area contributed by atoms with E-state index in [0.717, 1.165) is 11.1 Å². The van der Waals surface area contributed by atoms with Crippen molar-refractivity contribution in [2.45, 2.75) is 97.2 Å². The van der Waals surface area contributed by atoms with Crippen LogP contribution in [-0.2, 0) is 36.8 Å². The van der Waals surface area contributed by atoms with Crippen LogP contribution in [0.4, 0.5) is 4.79 Å². The Bertz CT molecular complexity index is 1210. The first-order valence-electron chi connectivity index (χ1n) is 15.0. The molecule has 2 aromatic carbocycles. The SMILES string of the molecule is COC(=O)[C@H](C)N=CC[C@@H]1[C@@H](Cc2ccccc2)N(C(=O)OC(C)(C)C)CN1[C@@H](CC(C)C)C(=O)OCc1ccccc1. The fraction of sp³-hybridized carbons (Fsp3) is 0.529. The third-order valence-electron chi connectivity index (χ3n) is 7.31. The quantitative estimate of drug-likeness (QED) is 0.178. The van der Waals surface area contributed by atoms with E-state index in [0.29, 0.717) is 19.3 Å². The number of aliphatic imine (C=N–C) groups is 1. The molecule has 0 N–H and O–H groups in total. The minimum atomic E-state index is -0.694. The van der Waals surface area contributed by atoms with Gasteiger partial charge in [-0.15, -0.1) is 0 Å². The first kappa shape index (κ1) is 33.8. The molecule has 234 valence electrons. The molecule has 0 bridgehead atoms. The topological polar surface area (TPSA) is 97.7 Å². The molecule has 2 aromatic rings. The number of hydrogen-bond acceptors (Lipinski definition) is 8. The first-order chi connectivity index (χ1) is 20.4. The summed E-state index contributed by atoms with van der Waals surface area (Å²) < 4.78 is 16.5. The largest absolute Gasteiger partial charge is 0.467 e. The van der Waals surface area contributed by atoms with Crippen LogP contribution in [0.2, 0.25) is 0 Å². The lowest BCUT2D eigenvalue weighted by atomic mass is 9.94. The summed E-state index contributed by atoms with van der Waals surface area (Å²) in [6.45, 7) is 11.7. The monoisotopic (exact) mass is 593 g/mol. The van der Waals surface area contributed by atoms with Crippen LogP contribution in [0.25, 0.3) is 0 Å². The molecule has 0 unspecified atom stereocenters. The van der Waals surface area contributed by atoms with Crippen LogP contribution in [0.15, 0.2) is 65.7 Å². The minimum absolute atomic E-state index is 0.161. The number of ether oxygens (including phenoxy) is 3. The zero-order chi connectivity index (χ0) is 31.6. The number of benzene rings is 2. The maximum absolute atomic E-state index is 13.8. The van der Waals surface area contributed by atoms with Crippen molar-refractivity contribution >= 4 is 24.2 Å². The molecule has 0 aliphatic carbocycles. The summed E-state index contributed by atoms with van der Waals surface area (Å²) in [5, 5.41) is 0. The van der Waals surface area contributed by atoms with Crippen molar-refractivity contribution in [3.8, 4) is 0 Å². The molecule has 1 saturated heterocycles. The van der Waals surface area contributed by atoms with E-state index in [9.17, 15) is 14.4 Å². The molecule has 0 radical (unpaired) electrons. The van der Waals surface area contributed by atoms with Gasteiger partial charge in [-0.25, -0.2) is 9.59 Å². The number of hydrogen-bond donors (Lipinski definition) is 0. The molecule has 1 amide bonds. The highest BCUT2D eigenvalue weighted by molar-refractivity contribution is 5.78. The number of amides is 1. The molecular formula is C34H47N3O6. The lowest BCUT2D eigenvalue weighted by Gasteiger charge is -2.32. The van der Waals surface area contributed by atoms with Gasteiger partial charge in [0.05, 0.1) is 19.8 Å². The molecular weight excluding hydrogens is 546 g/mol. The van der Waals surface area contributed by atoms with Gasteiger partial charge >= 0.3 is 18.0 Å². The smallest absolute Gasteiger partial charge is 0.411 e. The summed E-state index contributed by atoms with van der Waals surface area (Å²) >= 11 is 0. The van der Waals surface area contributed by atoms with Crippen molar-refractivity contribution < 1.29 is 28.6 Å². The van der Waals surface area contributed by atoms with Crippen LogP contribution in [0.5, 0.6) is 0 Å². The summed E-state index contributed by atoms with van der Waals surface area (Å²) in [6.07, 6.45) is 2.76. The molecule has 3 rings (SSSR count). The van der Waals surface area contributed by atoms with E-state index in [1.807, 2.05) is 81.4 Å². The van der Waals surface area contributed by atoms with Gasteiger partial charge in [-0.05, 0) is 64.0 Å². The predicted octanol–water partition coefficient (Wildman–Crippen LogP) is 5.66. The predicted molar refractivity (Wildman–Crippen MR) is 167 cm³/mol. The Balaban J connectivity index is 2.00. The van der Waals surface area contributed by atoms with E-state index in [-0.39, 0.29) is 37.2 Å². The first-order valence-corrected chi connectivity index (χ1v) is 15.0. The summed E-state index contributed by atoms with van der Waals surface area (Å²) in [7, 11) is 1.33. The van der Waals surface area contributed by atoms with Gasteiger partial charge in [0.1, 0.15) is 24.3 Å². The van der Waals surface area contributed by atoms with E-state index < -0.39 is 29.7 Å². The van der Waals surface area contributed by atoms with E-state index in [4.69, 9.17) is 14.2 Å². The molecule has 0 spiro atoms. The average Bonchev–Trinajstić information content (AvgIpc) is 3.31. The molecule has 1 heterocycles. The maximum Gasteiger partial charge on any atom is 0.411 e. The Hall–Kier alpha value is -3.72. The second kappa shape index (κ2) is 15.7. The van der Waals surface area contributed by atoms with Crippen LogP contribution in [-0.4, -0.2) is 77.6 Å². The van der Waals surface area contributed by atoms with Crippen molar-refractivity contribution in [3.05, 3.63) is 71.8 Å². The van der Waals surface area contributed by atoms with Gasteiger partial charge in [-0.3, -0.25) is 19.6 Å². The molecule has 4 atom stereocenters. The molecule has 1 aliphatic rings. The van der Waals surface area contributed by atoms with Gasteiger partial charge in [-0.1, -0.05) is 74.5 Å². The van der Waals surface area contributed by atoms with Gasteiger partial charge in [0.2, 0.25) is 0 Å². The van der Waals surface area contributed by atoms with Gasteiger partial charge < -0.3 is 14.2 Å². The van der Waals surface area contributed by atoms with Crippen molar-refractivity contribution in [2.24, 2.45) is 10.9 Å². The summed E-state index contributed by atoms with van der Waals surface area (Å²) in [5.41, 5.74) is 1.26. The Labute approximate surface area is 256 Å². The summed E-state index contributed by atoms with van der Waals surface area (Å²) in [4.78, 5) is 47.6. The summed E-state index contributed by atoms with van der Waals surface area (Å²) in [6, 6.07) is 17.6. The van der Waals surface area contributed by atoms with Gasteiger partial charge in [0.25, 0.3) is 0 Å². The highest BCUT2D eigenvalue weighted by atomic mass is 16.6. The minimum Gasteiger partial charge on any atom is -0.467 e. The fourth-order valence-electron chi connectivity index (χ4n) is 5.25. The number of rotatable bonds is 12. The average molecular weight is 594 g/mol. The van der Waals surface area contributed by atoms with E-state index in [1.165, 1.54) is 7.11 Å².